The van der Waals surface area contributed by atoms with E-state index in [1.54, 1.807) is 0 Å². The Hall–Kier alpha value is -0.330. The van der Waals surface area contributed by atoms with Gasteiger partial charge in [-0.2, -0.15) is 0 Å². The average Bonchev–Trinajstić information content (AvgIpc) is 2.48. The van der Waals surface area contributed by atoms with Gasteiger partial charge >= 0.3 is 0 Å². The van der Waals surface area contributed by atoms with Crippen molar-refractivity contribution in [2.45, 2.75) is 116 Å². The minimum Gasteiger partial charge on any atom is -0.300 e. The minimum absolute atomic E-state index is 0.406. The van der Waals surface area contributed by atoms with Gasteiger partial charge < -0.3 is 0 Å². The molecule has 0 heterocycles. The molecule has 1 heteroatoms. The maximum absolute atomic E-state index is 11.3. The number of hydrogen-bond acceptors (Lipinski definition) is 1. The molecule has 1 nitrogen and oxygen atoms in total. The molecule has 0 fully saturated rings. The summed E-state index contributed by atoms with van der Waals surface area (Å²) in [4.78, 5) is 11.3. The summed E-state index contributed by atoms with van der Waals surface area (Å²) in [6, 6.07) is 0. The van der Waals surface area contributed by atoms with Gasteiger partial charge in [0.2, 0.25) is 0 Å². The Bertz CT molecular complexity index is 210. The van der Waals surface area contributed by atoms with E-state index in [9.17, 15) is 4.79 Å². The predicted molar refractivity (Wildman–Crippen MR) is 94.5 cm³/mol. The third-order valence-corrected chi connectivity index (χ3v) is 4.26. The fraction of sp³-hybridized carbons (Fsp3) is 0.900. The number of unbranched alkanes of at least 4 members (excludes halogenated alkanes) is 13. The standard InChI is InChI=1S/C20H39O/c1-3-5-6-7-8-9-10-11-12-13-14-15-16-17-19-20(21)18-4-2/h2-19H2,1H3. The molecule has 0 bridgehead atoms. The predicted octanol–water partition coefficient (Wildman–Crippen LogP) is 7.04. The van der Waals surface area contributed by atoms with Crippen LogP contribution in [0.3, 0.4) is 0 Å². The topological polar surface area (TPSA) is 17.1 Å². The maximum Gasteiger partial charge on any atom is 0.132 e. The lowest BCUT2D eigenvalue weighted by atomic mass is 10.0. The largest absolute Gasteiger partial charge is 0.300 e. The van der Waals surface area contributed by atoms with Crippen LogP contribution in [0.15, 0.2) is 0 Å². The highest BCUT2D eigenvalue weighted by molar-refractivity contribution is 5.78. The number of ketones is 1. The summed E-state index contributed by atoms with van der Waals surface area (Å²) in [6.07, 6.45) is 21.4. The van der Waals surface area contributed by atoms with E-state index >= 15 is 0 Å². The quantitative estimate of drug-likeness (QED) is 0.263. The van der Waals surface area contributed by atoms with Crippen molar-refractivity contribution in [2.24, 2.45) is 0 Å². The van der Waals surface area contributed by atoms with Gasteiger partial charge in [0, 0.05) is 12.8 Å². The van der Waals surface area contributed by atoms with E-state index in [0.29, 0.717) is 12.2 Å². The first kappa shape index (κ1) is 20.7. The van der Waals surface area contributed by atoms with Crippen LogP contribution in [-0.4, -0.2) is 5.78 Å². The molecule has 125 valence electrons. The van der Waals surface area contributed by atoms with Gasteiger partial charge in [0.1, 0.15) is 5.78 Å². The molecule has 0 amide bonds. The zero-order valence-electron chi connectivity index (χ0n) is 14.6. The maximum atomic E-state index is 11.3. The van der Waals surface area contributed by atoms with Crippen molar-refractivity contribution in [3.05, 3.63) is 6.92 Å². The number of hydrogen-bond donors (Lipinski definition) is 0. The fourth-order valence-corrected chi connectivity index (χ4v) is 2.84. The zero-order valence-corrected chi connectivity index (χ0v) is 14.6. The number of carbonyl (C=O) groups excluding carboxylic acids is 1. The van der Waals surface area contributed by atoms with Crippen LogP contribution >= 0.6 is 0 Å². The highest BCUT2D eigenvalue weighted by Crippen LogP contribution is 2.13. The molecule has 0 aromatic rings. The lowest BCUT2D eigenvalue weighted by Gasteiger charge is -2.03. The lowest BCUT2D eigenvalue weighted by Crippen LogP contribution is -1.96. The normalized spacial score (nSPS) is 11.0. The first-order chi connectivity index (χ1) is 10.3. The number of rotatable bonds is 17. The molecular weight excluding hydrogens is 256 g/mol. The van der Waals surface area contributed by atoms with E-state index in [1.807, 2.05) is 0 Å². The molecular formula is C20H39O. The minimum atomic E-state index is 0.406. The van der Waals surface area contributed by atoms with Crippen molar-refractivity contribution in [3.8, 4) is 0 Å². The lowest BCUT2D eigenvalue weighted by molar-refractivity contribution is -0.119. The van der Waals surface area contributed by atoms with Crippen molar-refractivity contribution in [3.63, 3.8) is 0 Å². The summed E-state index contributed by atoms with van der Waals surface area (Å²) in [5, 5.41) is 0. The molecule has 0 aliphatic rings. The number of Topliss-reactive ketones (excluding diaryl/α,β-unsaturated/α-hetero) is 1. The average molecular weight is 296 g/mol. The van der Waals surface area contributed by atoms with Crippen LogP contribution in [0.2, 0.25) is 0 Å². The van der Waals surface area contributed by atoms with Crippen LogP contribution in [0.4, 0.5) is 0 Å². The molecule has 1 radical (unpaired) electrons. The Morgan fingerprint density at radius 1 is 0.619 bits per heavy atom. The second-order valence-electron chi connectivity index (χ2n) is 6.49. The molecule has 0 spiro atoms. The fourth-order valence-electron chi connectivity index (χ4n) is 2.84. The molecule has 0 aliphatic carbocycles. The SMILES string of the molecule is [CH2]CCC(=O)CCCCCCCCCCCCCCCC. The van der Waals surface area contributed by atoms with Gasteiger partial charge in [-0.05, 0) is 12.8 Å². The molecule has 0 saturated carbocycles. The molecule has 0 unspecified atom stereocenters. The van der Waals surface area contributed by atoms with E-state index in [1.165, 1.54) is 83.5 Å². The third kappa shape index (κ3) is 17.6. The molecule has 0 rings (SSSR count). The van der Waals surface area contributed by atoms with E-state index in [4.69, 9.17) is 0 Å². The smallest absolute Gasteiger partial charge is 0.132 e. The summed E-state index contributed by atoms with van der Waals surface area (Å²) < 4.78 is 0. The van der Waals surface area contributed by atoms with Crippen molar-refractivity contribution >= 4 is 5.78 Å². The molecule has 0 aliphatic heterocycles. The highest BCUT2D eigenvalue weighted by atomic mass is 16.1. The van der Waals surface area contributed by atoms with Crippen molar-refractivity contribution in [2.75, 3.05) is 0 Å². The first-order valence-corrected chi connectivity index (χ1v) is 9.62. The van der Waals surface area contributed by atoms with Gasteiger partial charge in [0.05, 0.1) is 0 Å². The van der Waals surface area contributed by atoms with Gasteiger partial charge in [0.25, 0.3) is 0 Å². The Morgan fingerprint density at radius 2 is 1.00 bits per heavy atom. The van der Waals surface area contributed by atoms with Crippen molar-refractivity contribution in [1.29, 1.82) is 0 Å². The third-order valence-electron chi connectivity index (χ3n) is 4.26. The summed E-state index contributed by atoms with van der Waals surface area (Å²) in [5.74, 6) is 0.406. The highest BCUT2D eigenvalue weighted by Gasteiger charge is 1.99. The summed E-state index contributed by atoms with van der Waals surface area (Å²) in [7, 11) is 0. The summed E-state index contributed by atoms with van der Waals surface area (Å²) in [5.41, 5.74) is 0. The van der Waals surface area contributed by atoms with Gasteiger partial charge in [-0.3, -0.25) is 4.79 Å². The van der Waals surface area contributed by atoms with E-state index in [2.05, 4.69) is 13.8 Å². The first-order valence-electron chi connectivity index (χ1n) is 9.62. The van der Waals surface area contributed by atoms with E-state index in [-0.39, 0.29) is 0 Å². The zero-order chi connectivity index (χ0) is 15.6. The molecule has 0 N–H and O–H groups in total. The number of carbonyl (C=O) groups is 1. The van der Waals surface area contributed by atoms with E-state index < -0.39 is 0 Å². The molecule has 0 aromatic carbocycles. The van der Waals surface area contributed by atoms with Gasteiger partial charge in [-0.25, -0.2) is 0 Å². The summed E-state index contributed by atoms with van der Waals surface area (Å²) >= 11 is 0. The van der Waals surface area contributed by atoms with Crippen LogP contribution < -0.4 is 0 Å². The monoisotopic (exact) mass is 295 g/mol. The Balaban J connectivity index is 3.01. The Labute approximate surface area is 134 Å². The van der Waals surface area contributed by atoms with E-state index in [0.717, 1.165) is 19.3 Å². The van der Waals surface area contributed by atoms with Crippen LogP contribution in [0, 0.1) is 6.92 Å². The van der Waals surface area contributed by atoms with Crippen LogP contribution in [0.5, 0.6) is 0 Å². The van der Waals surface area contributed by atoms with Crippen LogP contribution in [-0.2, 0) is 4.79 Å². The second kappa shape index (κ2) is 17.7. The molecule has 0 saturated heterocycles. The van der Waals surface area contributed by atoms with Crippen LogP contribution in [0.25, 0.3) is 0 Å². The van der Waals surface area contributed by atoms with Crippen LogP contribution in [0.1, 0.15) is 116 Å². The van der Waals surface area contributed by atoms with Gasteiger partial charge in [0.15, 0.2) is 0 Å². The Kier molecular flexibility index (Phi) is 17.4. The van der Waals surface area contributed by atoms with Crippen molar-refractivity contribution in [1.82, 2.24) is 0 Å². The Morgan fingerprint density at radius 3 is 1.38 bits per heavy atom. The van der Waals surface area contributed by atoms with Gasteiger partial charge in [-0.15, -0.1) is 0 Å². The summed E-state index contributed by atoms with van der Waals surface area (Å²) in [6.45, 7) is 6.00. The van der Waals surface area contributed by atoms with Crippen molar-refractivity contribution < 1.29 is 4.79 Å². The molecule has 0 aromatic heterocycles. The molecule has 0 atom stereocenters. The van der Waals surface area contributed by atoms with Gasteiger partial charge in [-0.1, -0.05) is 97.3 Å². The second-order valence-corrected chi connectivity index (χ2v) is 6.49. The molecule has 21 heavy (non-hydrogen) atoms.